The minimum Gasteiger partial charge on any atom is -0.494 e. The van der Waals surface area contributed by atoms with Crippen molar-refractivity contribution in [2.24, 2.45) is 0 Å². The first-order valence-corrected chi connectivity index (χ1v) is 7.93. The Morgan fingerprint density at radius 2 is 2.37 bits per heavy atom. The van der Waals surface area contributed by atoms with Crippen LogP contribution in [0.4, 0.5) is 5.13 Å². The summed E-state index contributed by atoms with van der Waals surface area (Å²) in [6, 6.07) is 5.72. The second kappa shape index (κ2) is 5.07. The number of hydrogen-bond donors (Lipinski definition) is 0. The highest BCUT2D eigenvalue weighted by molar-refractivity contribution is 8.24. The van der Waals surface area contributed by atoms with Crippen LogP contribution in [0.3, 0.4) is 0 Å². The van der Waals surface area contributed by atoms with Crippen molar-refractivity contribution in [3.8, 4) is 5.75 Å². The summed E-state index contributed by atoms with van der Waals surface area (Å²) in [7, 11) is 0. The Morgan fingerprint density at radius 1 is 1.53 bits per heavy atom. The van der Waals surface area contributed by atoms with Crippen LogP contribution < -0.4 is 9.64 Å². The largest absolute Gasteiger partial charge is 0.494 e. The van der Waals surface area contributed by atoms with Crippen LogP contribution >= 0.6 is 35.3 Å². The average Bonchev–Trinajstić information content (AvgIpc) is 2.92. The van der Waals surface area contributed by atoms with Crippen LogP contribution in [0.15, 0.2) is 18.2 Å². The van der Waals surface area contributed by atoms with E-state index in [0.29, 0.717) is 21.8 Å². The summed E-state index contributed by atoms with van der Waals surface area (Å²) in [4.78, 5) is 17.8. The molecule has 98 valence electrons. The van der Waals surface area contributed by atoms with Crippen LogP contribution in [0.2, 0.25) is 0 Å². The fourth-order valence-corrected chi connectivity index (χ4v) is 3.98. The fourth-order valence-electron chi connectivity index (χ4n) is 1.78. The summed E-state index contributed by atoms with van der Waals surface area (Å²) in [5.74, 6) is 1.22. The molecular weight excluding hydrogens is 300 g/mol. The second-order valence-electron chi connectivity index (χ2n) is 3.84. The molecule has 3 rings (SSSR count). The zero-order valence-electron chi connectivity index (χ0n) is 10.1. The lowest BCUT2D eigenvalue weighted by atomic mass is 10.3. The lowest BCUT2D eigenvalue weighted by Crippen LogP contribution is -2.27. The topological polar surface area (TPSA) is 42.4 Å². The number of nitrogens with zero attached hydrogens (tertiary/aromatic N) is 2. The summed E-state index contributed by atoms with van der Waals surface area (Å²) in [5.41, 5.74) is 0.857. The van der Waals surface area contributed by atoms with Crippen LogP contribution in [0.1, 0.15) is 6.92 Å². The normalized spacial score (nSPS) is 15.5. The Kier molecular flexibility index (Phi) is 3.42. The van der Waals surface area contributed by atoms with Gasteiger partial charge in [-0.2, -0.15) is 0 Å². The second-order valence-corrected chi connectivity index (χ2v) is 6.46. The summed E-state index contributed by atoms with van der Waals surface area (Å²) in [6.45, 7) is 2.57. The van der Waals surface area contributed by atoms with Crippen molar-refractivity contribution in [3.05, 3.63) is 18.2 Å². The van der Waals surface area contributed by atoms with Gasteiger partial charge < -0.3 is 4.74 Å². The lowest BCUT2D eigenvalue weighted by molar-refractivity contribution is -0.115. The lowest BCUT2D eigenvalue weighted by Gasteiger charge is -2.09. The summed E-state index contributed by atoms with van der Waals surface area (Å²) in [5, 5.41) is 0.642. The van der Waals surface area contributed by atoms with Crippen LogP contribution in [-0.2, 0) is 4.79 Å². The third-order valence-electron chi connectivity index (χ3n) is 2.60. The van der Waals surface area contributed by atoms with Crippen molar-refractivity contribution in [2.45, 2.75) is 6.92 Å². The number of hydrogen-bond acceptors (Lipinski definition) is 6. The van der Waals surface area contributed by atoms with E-state index in [4.69, 9.17) is 17.0 Å². The molecule has 2 aromatic rings. The number of ether oxygens (including phenoxy) is 1. The number of aromatic nitrogens is 1. The molecule has 1 aliphatic rings. The monoisotopic (exact) mass is 310 g/mol. The molecule has 1 aromatic carbocycles. The van der Waals surface area contributed by atoms with Gasteiger partial charge in [0.2, 0.25) is 5.91 Å². The van der Waals surface area contributed by atoms with Crippen LogP contribution in [-0.4, -0.2) is 27.6 Å². The Bertz CT molecular complexity index is 652. The highest BCUT2D eigenvalue weighted by atomic mass is 32.2. The molecule has 0 aliphatic carbocycles. The number of carbonyl (C=O) groups excluding carboxylic acids is 1. The molecular formula is C12H10N2O2S3. The molecule has 1 fully saturated rings. The van der Waals surface area contributed by atoms with Gasteiger partial charge in [0.25, 0.3) is 0 Å². The van der Waals surface area contributed by atoms with E-state index in [-0.39, 0.29) is 5.91 Å². The molecule has 0 radical (unpaired) electrons. The molecule has 1 aromatic heterocycles. The van der Waals surface area contributed by atoms with Crippen molar-refractivity contribution in [2.75, 3.05) is 17.3 Å². The summed E-state index contributed by atoms with van der Waals surface area (Å²) in [6.07, 6.45) is 0. The SMILES string of the molecule is CCOc1ccc2nc(N3C(=O)CSC3=S)sc2c1. The Hall–Kier alpha value is -1.18. The molecule has 0 spiro atoms. The number of thioether (sulfide) groups is 1. The maximum absolute atomic E-state index is 11.8. The molecule has 19 heavy (non-hydrogen) atoms. The molecule has 2 heterocycles. The molecule has 0 bridgehead atoms. The minimum absolute atomic E-state index is 0.000845. The molecule has 0 atom stereocenters. The first-order valence-electron chi connectivity index (χ1n) is 5.72. The van der Waals surface area contributed by atoms with Crippen LogP contribution in [0.5, 0.6) is 5.75 Å². The zero-order chi connectivity index (χ0) is 13.4. The van der Waals surface area contributed by atoms with Crippen LogP contribution in [0, 0.1) is 0 Å². The molecule has 0 N–H and O–H groups in total. The van der Waals surface area contributed by atoms with E-state index in [9.17, 15) is 4.79 Å². The van der Waals surface area contributed by atoms with E-state index in [1.165, 1.54) is 28.0 Å². The molecule has 0 unspecified atom stereocenters. The maximum atomic E-state index is 11.8. The predicted molar refractivity (Wildman–Crippen MR) is 83.3 cm³/mol. The van der Waals surface area contributed by atoms with Crippen molar-refractivity contribution < 1.29 is 9.53 Å². The fraction of sp³-hybridized carbons (Fsp3) is 0.250. The van der Waals surface area contributed by atoms with Gasteiger partial charge in [-0.1, -0.05) is 35.3 Å². The zero-order valence-corrected chi connectivity index (χ0v) is 12.5. The van der Waals surface area contributed by atoms with Gasteiger partial charge in [0.15, 0.2) is 5.13 Å². The van der Waals surface area contributed by atoms with E-state index in [1.807, 2.05) is 25.1 Å². The van der Waals surface area contributed by atoms with E-state index in [0.717, 1.165) is 16.0 Å². The van der Waals surface area contributed by atoms with Gasteiger partial charge in [-0.05, 0) is 25.1 Å². The van der Waals surface area contributed by atoms with Gasteiger partial charge in [-0.3, -0.25) is 4.79 Å². The Morgan fingerprint density at radius 3 is 3.05 bits per heavy atom. The summed E-state index contributed by atoms with van der Waals surface area (Å²) >= 11 is 8.02. The van der Waals surface area contributed by atoms with Gasteiger partial charge in [0.1, 0.15) is 10.1 Å². The third kappa shape index (κ3) is 2.33. The first-order chi connectivity index (χ1) is 9.19. The molecule has 4 nitrogen and oxygen atoms in total. The number of benzene rings is 1. The molecule has 1 amide bonds. The molecule has 1 aliphatic heterocycles. The van der Waals surface area contributed by atoms with Gasteiger partial charge >= 0.3 is 0 Å². The average molecular weight is 310 g/mol. The predicted octanol–water partition coefficient (Wildman–Crippen LogP) is 3.06. The quantitative estimate of drug-likeness (QED) is 0.815. The van der Waals surface area contributed by atoms with E-state index >= 15 is 0 Å². The number of amides is 1. The van der Waals surface area contributed by atoms with Gasteiger partial charge in [0, 0.05) is 0 Å². The van der Waals surface area contributed by atoms with Crippen molar-refractivity contribution in [3.63, 3.8) is 0 Å². The smallest absolute Gasteiger partial charge is 0.244 e. The van der Waals surface area contributed by atoms with Crippen molar-refractivity contribution in [1.82, 2.24) is 4.98 Å². The summed E-state index contributed by atoms with van der Waals surface area (Å²) < 4.78 is 7.03. The third-order valence-corrected chi connectivity index (χ3v) is 4.96. The van der Waals surface area contributed by atoms with E-state index in [1.54, 1.807) is 0 Å². The number of rotatable bonds is 3. The van der Waals surface area contributed by atoms with Gasteiger partial charge in [0.05, 0.1) is 22.6 Å². The first kappa shape index (κ1) is 12.8. The van der Waals surface area contributed by atoms with E-state index in [2.05, 4.69) is 4.98 Å². The van der Waals surface area contributed by atoms with Gasteiger partial charge in [-0.15, -0.1) is 0 Å². The highest BCUT2D eigenvalue weighted by Crippen LogP contribution is 2.35. The Balaban J connectivity index is 2.01. The van der Waals surface area contributed by atoms with E-state index < -0.39 is 0 Å². The number of carbonyl (C=O) groups is 1. The number of fused-ring (bicyclic) bond motifs is 1. The Labute approximate surface area is 123 Å². The minimum atomic E-state index is -0.000845. The number of thiocarbonyl (C=S) groups is 1. The van der Waals surface area contributed by atoms with Crippen molar-refractivity contribution in [1.29, 1.82) is 0 Å². The number of anilines is 1. The standard InChI is InChI=1S/C12H10N2O2S3/c1-2-16-7-3-4-8-9(5-7)19-11(13-8)14-10(15)6-18-12(14)17/h3-5H,2,6H2,1H3. The van der Waals surface area contributed by atoms with Crippen molar-refractivity contribution >= 4 is 60.9 Å². The highest BCUT2D eigenvalue weighted by Gasteiger charge is 2.30. The van der Waals surface area contributed by atoms with Crippen LogP contribution in [0.25, 0.3) is 10.2 Å². The van der Waals surface area contributed by atoms with Gasteiger partial charge in [-0.25, -0.2) is 9.88 Å². The number of thiazole rings is 1. The molecule has 7 heteroatoms. The maximum Gasteiger partial charge on any atom is 0.244 e. The molecule has 1 saturated heterocycles. The molecule has 0 saturated carbocycles.